The zero-order valence-electron chi connectivity index (χ0n) is 17.0. The molecule has 0 saturated carbocycles. The molecule has 2 atom stereocenters. The van der Waals surface area contributed by atoms with Gasteiger partial charge in [0, 0.05) is 0 Å². The third kappa shape index (κ3) is 7.25. The molecule has 0 amide bonds. The fraction of sp³-hybridized carbons (Fsp3) is 0.714. The fourth-order valence-corrected chi connectivity index (χ4v) is 4.47. The highest BCUT2D eigenvalue weighted by atomic mass is 31.2. The predicted octanol–water partition coefficient (Wildman–Crippen LogP) is 3.49. The minimum atomic E-state index is -4.61. The molecule has 0 radical (unpaired) electrons. The summed E-state index contributed by atoms with van der Waals surface area (Å²) in [5, 5.41) is 9.74. The average Bonchev–Trinajstić information content (AvgIpc) is 2.67. The Balaban J connectivity index is 1.91. The standard InChI is InChI=1S/C21H36NO5P/c1-2-3-4-5-6-7-8-17-9-10-19-14-20(12-11-18(19)13-17)21(22,15-23)16-27-28(24,25)26/h9-10,13,20,23H,2-8,11-12,14-16,22H2,1H3,(H2,24,25,26)/t20-,21-/m0/s1. The molecule has 1 aliphatic carbocycles. The van der Waals surface area contributed by atoms with Crippen molar-refractivity contribution in [1.82, 2.24) is 0 Å². The summed E-state index contributed by atoms with van der Waals surface area (Å²) < 4.78 is 15.6. The van der Waals surface area contributed by atoms with E-state index in [9.17, 15) is 9.67 Å². The Morgan fingerprint density at radius 2 is 1.89 bits per heavy atom. The molecule has 0 aromatic heterocycles. The summed E-state index contributed by atoms with van der Waals surface area (Å²) in [6.45, 7) is 1.50. The summed E-state index contributed by atoms with van der Waals surface area (Å²) >= 11 is 0. The molecule has 5 N–H and O–H groups in total. The van der Waals surface area contributed by atoms with Crippen molar-refractivity contribution in [3.05, 3.63) is 34.9 Å². The Kier molecular flexibility index (Phi) is 9.13. The molecule has 0 saturated heterocycles. The van der Waals surface area contributed by atoms with E-state index in [1.165, 1.54) is 55.2 Å². The van der Waals surface area contributed by atoms with Gasteiger partial charge in [-0.3, -0.25) is 4.52 Å². The number of phosphoric acid groups is 1. The van der Waals surface area contributed by atoms with E-state index in [2.05, 4.69) is 29.6 Å². The molecule has 2 rings (SSSR count). The number of aliphatic hydroxyl groups excluding tert-OH is 1. The number of benzene rings is 1. The quantitative estimate of drug-likeness (QED) is 0.308. The number of aliphatic hydroxyl groups is 1. The minimum Gasteiger partial charge on any atom is -0.394 e. The maximum absolute atomic E-state index is 11.0. The van der Waals surface area contributed by atoms with Gasteiger partial charge in [-0.15, -0.1) is 0 Å². The largest absolute Gasteiger partial charge is 0.469 e. The molecule has 28 heavy (non-hydrogen) atoms. The topological polar surface area (TPSA) is 113 Å². The first-order chi connectivity index (χ1) is 13.3. The van der Waals surface area contributed by atoms with Crippen LogP contribution >= 0.6 is 7.82 Å². The Labute approximate surface area is 168 Å². The third-order valence-electron chi connectivity index (χ3n) is 5.93. The van der Waals surface area contributed by atoms with E-state index in [1.54, 1.807) is 0 Å². The number of rotatable bonds is 12. The van der Waals surface area contributed by atoms with Crippen molar-refractivity contribution in [3.63, 3.8) is 0 Å². The van der Waals surface area contributed by atoms with Gasteiger partial charge in [0.15, 0.2) is 0 Å². The van der Waals surface area contributed by atoms with Crippen LogP contribution in [0.1, 0.15) is 68.6 Å². The van der Waals surface area contributed by atoms with Gasteiger partial charge in [-0.25, -0.2) is 4.57 Å². The van der Waals surface area contributed by atoms with Crippen molar-refractivity contribution < 1.29 is 24.0 Å². The normalized spacial score (nSPS) is 19.2. The summed E-state index contributed by atoms with van der Waals surface area (Å²) in [5.41, 5.74) is 9.02. The minimum absolute atomic E-state index is 0.0824. The summed E-state index contributed by atoms with van der Waals surface area (Å²) in [6, 6.07) is 6.62. The molecule has 0 fully saturated rings. The van der Waals surface area contributed by atoms with Crippen molar-refractivity contribution in [1.29, 1.82) is 0 Å². The highest BCUT2D eigenvalue weighted by Gasteiger charge is 2.38. The number of unbranched alkanes of at least 4 members (excludes halogenated alkanes) is 5. The molecule has 0 unspecified atom stereocenters. The van der Waals surface area contributed by atoms with Crippen molar-refractivity contribution >= 4 is 7.82 Å². The SMILES string of the molecule is CCCCCCCCc1ccc2c(c1)CC[C@H]([C@](N)(CO)COP(=O)(O)O)C2. The molecular formula is C21H36NO5P. The molecule has 1 aromatic carbocycles. The Morgan fingerprint density at radius 3 is 2.57 bits per heavy atom. The Hall–Kier alpha value is -0.750. The van der Waals surface area contributed by atoms with Crippen LogP contribution in [0.3, 0.4) is 0 Å². The first kappa shape index (κ1) is 23.5. The van der Waals surface area contributed by atoms with Crippen LogP contribution in [0, 0.1) is 5.92 Å². The lowest BCUT2D eigenvalue weighted by Gasteiger charge is -2.38. The van der Waals surface area contributed by atoms with Crippen LogP contribution in [-0.4, -0.2) is 33.6 Å². The monoisotopic (exact) mass is 413 g/mol. The Bertz CT molecular complexity index is 662. The summed E-state index contributed by atoms with van der Waals surface area (Å²) in [7, 11) is -4.61. The lowest BCUT2D eigenvalue weighted by molar-refractivity contribution is 0.0635. The summed E-state index contributed by atoms with van der Waals surface area (Å²) in [6.07, 6.45) is 11.2. The van der Waals surface area contributed by atoms with E-state index < -0.39 is 13.4 Å². The second kappa shape index (κ2) is 10.9. The maximum atomic E-state index is 11.0. The molecule has 0 bridgehead atoms. The second-order valence-electron chi connectivity index (χ2n) is 8.22. The van der Waals surface area contributed by atoms with Gasteiger partial charge in [0.05, 0.1) is 18.8 Å². The molecule has 1 aliphatic rings. The number of fused-ring (bicyclic) bond motifs is 1. The van der Waals surface area contributed by atoms with Crippen LogP contribution in [-0.2, 0) is 28.4 Å². The smallest absolute Gasteiger partial charge is 0.394 e. The van der Waals surface area contributed by atoms with Gasteiger partial charge in [0.1, 0.15) is 0 Å². The zero-order valence-corrected chi connectivity index (χ0v) is 17.9. The highest BCUT2D eigenvalue weighted by Crippen LogP contribution is 2.39. The van der Waals surface area contributed by atoms with Gasteiger partial charge in [-0.2, -0.15) is 0 Å². The lowest BCUT2D eigenvalue weighted by atomic mass is 9.73. The number of aryl methyl sites for hydroxylation is 2. The predicted molar refractivity (Wildman–Crippen MR) is 111 cm³/mol. The van der Waals surface area contributed by atoms with Gasteiger partial charge >= 0.3 is 7.82 Å². The van der Waals surface area contributed by atoms with E-state index in [-0.39, 0.29) is 19.1 Å². The average molecular weight is 413 g/mol. The van der Waals surface area contributed by atoms with E-state index in [4.69, 9.17) is 15.5 Å². The first-order valence-corrected chi connectivity index (χ1v) is 12.0. The molecule has 0 spiro atoms. The van der Waals surface area contributed by atoms with Crippen LogP contribution in [0.25, 0.3) is 0 Å². The number of hydrogen-bond donors (Lipinski definition) is 4. The van der Waals surface area contributed by atoms with E-state index in [0.29, 0.717) is 6.42 Å². The van der Waals surface area contributed by atoms with Crippen molar-refractivity contribution in [3.8, 4) is 0 Å². The third-order valence-corrected chi connectivity index (χ3v) is 6.39. The zero-order chi connectivity index (χ0) is 20.6. The molecule has 0 heterocycles. The van der Waals surface area contributed by atoms with Gasteiger partial charge in [-0.1, -0.05) is 57.2 Å². The van der Waals surface area contributed by atoms with Crippen LogP contribution in [0.5, 0.6) is 0 Å². The lowest BCUT2D eigenvalue weighted by Crippen LogP contribution is -2.55. The highest BCUT2D eigenvalue weighted by molar-refractivity contribution is 7.46. The maximum Gasteiger partial charge on any atom is 0.469 e. The molecule has 160 valence electrons. The molecule has 0 aliphatic heterocycles. The molecule has 1 aromatic rings. The van der Waals surface area contributed by atoms with E-state index >= 15 is 0 Å². The van der Waals surface area contributed by atoms with Gasteiger partial charge in [0.2, 0.25) is 0 Å². The molecule has 7 heteroatoms. The van der Waals surface area contributed by atoms with Crippen molar-refractivity contribution in [2.45, 2.75) is 76.7 Å². The molecule has 6 nitrogen and oxygen atoms in total. The number of nitrogens with two attached hydrogens (primary N) is 1. The van der Waals surface area contributed by atoms with Gasteiger partial charge in [0.25, 0.3) is 0 Å². The van der Waals surface area contributed by atoms with Crippen LogP contribution < -0.4 is 5.73 Å². The Morgan fingerprint density at radius 1 is 1.18 bits per heavy atom. The first-order valence-electron chi connectivity index (χ1n) is 10.5. The van der Waals surface area contributed by atoms with Gasteiger partial charge in [-0.05, 0) is 54.7 Å². The molecular weight excluding hydrogens is 377 g/mol. The van der Waals surface area contributed by atoms with Crippen LogP contribution in [0.4, 0.5) is 0 Å². The fourth-order valence-electron chi connectivity index (χ4n) is 4.06. The number of hydrogen-bond acceptors (Lipinski definition) is 4. The number of phosphoric ester groups is 1. The van der Waals surface area contributed by atoms with E-state index in [1.807, 2.05) is 0 Å². The summed E-state index contributed by atoms with van der Waals surface area (Å²) in [5.74, 6) is -0.0824. The van der Waals surface area contributed by atoms with Crippen molar-refractivity contribution in [2.24, 2.45) is 11.7 Å². The van der Waals surface area contributed by atoms with E-state index in [0.717, 1.165) is 19.3 Å². The van der Waals surface area contributed by atoms with Crippen molar-refractivity contribution in [2.75, 3.05) is 13.2 Å². The summed E-state index contributed by atoms with van der Waals surface area (Å²) in [4.78, 5) is 17.9. The second-order valence-corrected chi connectivity index (χ2v) is 9.46. The van der Waals surface area contributed by atoms with Crippen LogP contribution in [0.2, 0.25) is 0 Å². The van der Waals surface area contributed by atoms with Gasteiger partial charge < -0.3 is 20.6 Å². The van der Waals surface area contributed by atoms with Crippen LogP contribution in [0.15, 0.2) is 18.2 Å².